The van der Waals surface area contributed by atoms with Crippen LogP contribution in [-0.2, 0) is 6.61 Å². The van der Waals surface area contributed by atoms with Crippen LogP contribution in [0.5, 0.6) is 5.75 Å². The Bertz CT molecular complexity index is 845. The molecule has 1 atom stereocenters. The number of hydrogen-bond donors (Lipinski definition) is 2. The summed E-state index contributed by atoms with van der Waals surface area (Å²) in [6.45, 7) is 4.95. The maximum Gasteiger partial charge on any atom is 0.159 e. The lowest BCUT2D eigenvalue weighted by Crippen LogP contribution is -2.00. The molecule has 0 saturated heterocycles. The van der Waals surface area contributed by atoms with Crippen LogP contribution in [0, 0.1) is 3.57 Å². The first kappa shape index (κ1) is 17.8. The summed E-state index contributed by atoms with van der Waals surface area (Å²) < 4.78 is 7.04. The monoisotopic (exact) mass is 447 g/mol. The van der Waals surface area contributed by atoms with Crippen molar-refractivity contribution in [2.75, 3.05) is 5.73 Å². The van der Waals surface area contributed by atoms with Crippen LogP contribution in [0.15, 0.2) is 48.5 Å². The number of aromatic nitrogens is 2. The molecule has 3 N–H and O–H groups in total. The molecule has 2 aromatic carbocycles. The fraction of sp³-hybridized carbons (Fsp3) is 0.250. The molecule has 0 spiro atoms. The molecule has 0 aliphatic rings. The lowest BCUT2D eigenvalue weighted by molar-refractivity contribution is 0.307. The Hall–Kier alpha value is -2.02. The molecule has 0 radical (unpaired) electrons. The van der Waals surface area contributed by atoms with Crippen molar-refractivity contribution in [1.82, 2.24) is 10.2 Å². The molecule has 5 heteroatoms. The first-order valence-electron chi connectivity index (χ1n) is 8.40. The Labute approximate surface area is 161 Å². The van der Waals surface area contributed by atoms with E-state index in [9.17, 15) is 0 Å². The van der Waals surface area contributed by atoms with Crippen LogP contribution >= 0.6 is 22.6 Å². The fourth-order valence-corrected chi connectivity index (χ4v) is 3.20. The minimum atomic E-state index is 0.486. The summed E-state index contributed by atoms with van der Waals surface area (Å²) >= 11 is 2.22. The van der Waals surface area contributed by atoms with Gasteiger partial charge in [0.05, 0.1) is 9.26 Å². The van der Waals surface area contributed by atoms with E-state index in [1.165, 1.54) is 5.56 Å². The highest BCUT2D eigenvalue weighted by atomic mass is 127. The molecule has 3 aromatic rings. The Kier molecular flexibility index (Phi) is 5.63. The van der Waals surface area contributed by atoms with E-state index in [2.05, 4.69) is 70.9 Å². The highest BCUT2D eigenvalue weighted by Gasteiger charge is 2.17. The van der Waals surface area contributed by atoms with Gasteiger partial charge in [0.25, 0.3) is 0 Å². The molecule has 130 valence electrons. The lowest BCUT2D eigenvalue weighted by Gasteiger charge is -2.15. The van der Waals surface area contributed by atoms with Gasteiger partial charge in [-0.25, -0.2) is 0 Å². The molecular weight excluding hydrogens is 425 g/mol. The van der Waals surface area contributed by atoms with Gasteiger partial charge < -0.3 is 10.5 Å². The summed E-state index contributed by atoms with van der Waals surface area (Å²) in [5.74, 6) is 1.83. The van der Waals surface area contributed by atoms with Gasteiger partial charge in [0.15, 0.2) is 5.82 Å². The molecule has 0 amide bonds. The van der Waals surface area contributed by atoms with E-state index in [0.717, 1.165) is 32.6 Å². The summed E-state index contributed by atoms with van der Waals surface area (Å²) in [6.07, 6.45) is 1.09. The van der Waals surface area contributed by atoms with E-state index < -0.39 is 0 Å². The predicted molar refractivity (Wildman–Crippen MR) is 111 cm³/mol. The molecule has 0 fully saturated rings. The van der Waals surface area contributed by atoms with Crippen LogP contribution in [0.25, 0.3) is 11.3 Å². The zero-order valence-electron chi connectivity index (χ0n) is 14.4. The van der Waals surface area contributed by atoms with Crippen molar-refractivity contribution in [2.24, 2.45) is 0 Å². The van der Waals surface area contributed by atoms with Crippen molar-refractivity contribution >= 4 is 28.4 Å². The number of nitrogens with two attached hydrogens (primary N) is 1. The maximum absolute atomic E-state index is 6.12. The zero-order chi connectivity index (χ0) is 17.8. The molecule has 25 heavy (non-hydrogen) atoms. The summed E-state index contributed by atoms with van der Waals surface area (Å²) in [7, 11) is 0. The molecule has 1 heterocycles. The number of rotatable bonds is 6. The van der Waals surface area contributed by atoms with Crippen LogP contribution in [0.3, 0.4) is 0 Å². The fourth-order valence-electron chi connectivity index (χ4n) is 2.67. The highest BCUT2D eigenvalue weighted by molar-refractivity contribution is 14.1. The number of nitrogens with zero attached hydrogens (tertiary/aromatic N) is 1. The van der Waals surface area contributed by atoms with Gasteiger partial charge in [-0.2, -0.15) is 5.10 Å². The van der Waals surface area contributed by atoms with Crippen molar-refractivity contribution in [1.29, 1.82) is 0 Å². The topological polar surface area (TPSA) is 63.9 Å². The van der Waals surface area contributed by atoms with E-state index in [1.807, 2.05) is 24.3 Å². The minimum Gasteiger partial charge on any atom is -0.488 e. The molecule has 0 aliphatic heterocycles. The number of benzene rings is 2. The zero-order valence-corrected chi connectivity index (χ0v) is 16.6. The third-order valence-electron chi connectivity index (χ3n) is 4.42. The Morgan fingerprint density at radius 2 is 1.96 bits per heavy atom. The smallest absolute Gasteiger partial charge is 0.159 e. The molecule has 0 saturated carbocycles. The van der Waals surface area contributed by atoms with Gasteiger partial charge in [0.1, 0.15) is 12.4 Å². The van der Waals surface area contributed by atoms with Crippen molar-refractivity contribution in [3.05, 3.63) is 63.2 Å². The largest absolute Gasteiger partial charge is 0.488 e. The second-order valence-electron chi connectivity index (χ2n) is 6.14. The number of nitrogen functional groups attached to an aromatic ring is 1. The second kappa shape index (κ2) is 7.91. The number of H-pyrrole nitrogens is 1. The number of halogens is 1. The van der Waals surface area contributed by atoms with E-state index in [4.69, 9.17) is 10.5 Å². The average molecular weight is 447 g/mol. The minimum absolute atomic E-state index is 0.486. The summed E-state index contributed by atoms with van der Waals surface area (Å²) in [6, 6.07) is 16.5. The number of nitrogens with one attached hydrogen (secondary N) is 1. The van der Waals surface area contributed by atoms with Gasteiger partial charge >= 0.3 is 0 Å². The summed E-state index contributed by atoms with van der Waals surface area (Å²) in [4.78, 5) is 0. The van der Waals surface area contributed by atoms with Gasteiger partial charge in [-0.05, 0) is 58.2 Å². The van der Waals surface area contributed by atoms with Gasteiger partial charge in [-0.3, -0.25) is 5.10 Å². The van der Waals surface area contributed by atoms with E-state index in [-0.39, 0.29) is 0 Å². The van der Waals surface area contributed by atoms with E-state index in [0.29, 0.717) is 18.3 Å². The lowest BCUT2D eigenvalue weighted by atomic mass is 9.95. The normalized spacial score (nSPS) is 12.1. The van der Waals surface area contributed by atoms with Gasteiger partial charge in [0, 0.05) is 5.56 Å². The van der Waals surface area contributed by atoms with E-state index >= 15 is 0 Å². The number of hydrogen-bond acceptors (Lipinski definition) is 3. The first-order valence-corrected chi connectivity index (χ1v) is 9.48. The quantitative estimate of drug-likeness (QED) is 0.501. The molecular formula is C20H22IN3O. The highest BCUT2D eigenvalue weighted by Crippen LogP contribution is 2.36. The van der Waals surface area contributed by atoms with E-state index in [1.54, 1.807) is 0 Å². The van der Waals surface area contributed by atoms with Crippen molar-refractivity contribution in [3.63, 3.8) is 0 Å². The van der Waals surface area contributed by atoms with Crippen LogP contribution < -0.4 is 10.5 Å². The Balaban J connectivity index is 1.97. The first-order chi connectivity index (χ1) is 12.1. The third kappa shape index (κ3) is 3.98. The van der Waals surface area contributed by atoms with Crippen LogP contribution in [0.2, 0.25) is 0 Å². The SMILES string of the molecule is CCC(C)c1ccc(OCc2ccccc2)c(-c2[nH]nc(N)c2I)c1. The van der Waals surface area contributed by atoms with Crippen molar-refractivity contribution < 1.29 is 4.74 Å². The van der Waals surface area contributed by atoms with Crippen LogP contribution in [0.4, 0.5) is 5.82 Å². The van der Waals surface area contributed by atoms with Crippen LogP contribution in [-0.4, -0.2) is 10.2 Å². The van der Waals surface area contributed by atoms with Crippen molar-refractivity contribution in [2.45, 2.75) is 32.8 Å². The number of anilines is 1. The standard InChI is InChI=1S/C20H22IN3O/c1-3-13(2)15-9-10-17(25-12-14-7-5-4-6-8-14)16(11-15)19-18(21)20(22)24-23-19/h4-11,13H,3,12H2,1-2H3,(H3,22,23,24). The number of ether oxygens (including phenoxy) is 1. The summed E-state index contributed by atoms with van der Waals surface area (Å²) in [5, 5.41) is 7.19. The molecule has 1 unspecified atom stereocenters. The molecule has 0 aliphatic carbocycles. The average Bonchev–Trinajstić information content (AvgIpc) is 2.99. The third-order valence-corrected chi connectivity index (χ3v) is 5.52. The van der Waals surface area contributed by atoms with Gasteiger partial charge in [0.2, 0.25) is 0 Å². The number of aromatic amines is 1. The van der Waals surface area contributed by atoms with Crippen LogP contribution in [0.1, 0.15) is 37.3 Å². The molecule has 0 bridgehead atoms. The molecule has 4 nitrogen and oxygen atoms in total. The predicted octanol–water partition coefficient (Wildman–Crippen LogP) is 5.36. The van der Waals surface area contributed by atoms with Crippen molar-refractivity contribution in [3.8, 4) is 17.0 Å². The van der Waals surface area contributed by atoms with Gasteiger partial charge in [-0.1, -0.05) is 50.2 Å². The Morgan fingerprint density at radius 3 is 2.60 bits per heavy atom. The second-order valence-corrected chi connectivity index (χ2v) is 7.22. The Morgan fingerprint density at radius 1 is 1.20 bits per heavy atom. The van der Waals surface area contributed by atoms with Gasteiger partial charge in [-0.15, -0.1) is 0 Å². The molecule has 1 aromatic heterocycles. The maximum atomic E-state index is 6.12. The molecule has 3 rings (SSSR count). The summed E-state index contributed by atoms with van der Waals surface area (Å²) in [5.41, 5.74) is 10.3.